The Morgan fingerprint density at radius 1 is 0.731 bits per heavy atom. The number of pyridine rings is 1. The minimum absolute atomic E-state index is 0.00425. The molecule has 0 unspecified atom stereocenters. The standard InChI is InChI=1S/C21H19N3O2/c25-20(16-6-2-1-3-7-16)23-12-14-24(15-13-23)21(26)18-8-4-10-19-17(18)9-5-11-22-19/h1-11H,12-15H2. The van der Waals surface area contributed by atoms with E-state index >= 15 is 0 Å². The zero-order valence-electron chi connectivity index (χ0n) is 14.3. The summed E-state index contributed by atoms with van der Waals surface area (Å²) >= 11 is 0. The second-order valence-electron chi connectivity index (χ2n) is 6.33. The van der Waals surface area contributed by atoms with Crippen molar-refractivity contribution in [3.8, 4) is 0 Å². The van der Waals surface area contributed by atoms with E-state index in [9.17, 15) is 9.59 Å². The Kier molecular flexibility index (Phi) is 4.35. The molecule has 0 atom stereocenters. The zero-order chi connectivity index (χ0) is 17.9. The van der Waals surface area contributed by atoms with Crippen molar-refractivity contribution in [3.05, 3.63) is 78.0 Å². The van der Waals surface area contributed by atoms with Gasteiger partial charge in [-0.05, 0) is 30.3 Å². The highest BCUT2D eigenvalue weighted by Crippen LogP contribution is 2.19. The summed E-state index contributed by atoms with van der Waals surface area (Å²) in [4.78, 5) is 33.4. The van der Waals surface area contributed by atoms with Gasteiger partial charge in [0.15, 0.2) is 0 Å². The SMILES string of the molecule is O=C(c1ccccc1)N1CCN(C(=O)c2cccc3ncccc23)CC1. The average molecular weight is 345 g/mol. The van der Waals surface area contributed by atoms with E-state index in [-0.39, 0.29) is 11.8 Å². The number of carbonyl (C=O) groups excluding carboxylic acids is 2. The Bertz CT molecular complexity index is 942. The van der Waals surface area contributed by atoms with Crippen molar-refractivity contribution in [2.75, 3.05) is 26.2 Å². The fourth-order valence-corrected chi connectivity index (χ4v) is 3.34. The fraction of sp³-hybridized carbons (Fsp3) is 0.190. The van der Waals surface area contributed by atoms with Crippen LogP contribution >= 0.6 is 0 Å². The topological polar surface area (TPSA) is 53.5 Å². The number of nitrogens with zero attached hydrogens (tertiary/aromatic N) is 3. The molecule has 0 saturated carbocycles. The summed E-state index contributed by atoms with van der Waals surface area (Å²) in [5.41, 5.74) is 2.17. The van der Waals surface area contributed by atoms with Crippen LogP contribution in [0.3, 0.4) is 0 Å². The highest BCUT2D eigenvalue weighted by atomic mass is 16.2. The Balaban J connectivity index is 1.48. The molecule has 1 aliphatic heterocycles. The predicted molar refractivity (Wildman–Crippen MR) is 100.0 cm³/mol. The summed E-state index contributed by atoms with van der Waals surface area (Å²) in [6.07, 6.45) is 1.73. The van der Waals surface area contributed by atoms with Crippen molar-refractivity contribution in [2.45, 2.75) is 0 Å². The molecule has 1 aliphatic rings. The van der Waals surface area contributed by atoms with Crippen LogP contribution in [0.2, 0.25) is 0 Å². The lowest BCUT2D eigenvalue weighted by atomic mass is 10.1. The van der Waals surface area contributed by atoms with E-state index in [1.807, 2.05) is 70.5 Å². The number of fused-ring (bicyclic) bond motifs is 1. The zero-order valence-corrected chi connectivity index (χ0v) is 14.3. The molecule has 26 heavy (non-hydrogen) atoms. The molecular formula is C21H19N3O2. The van der Waals surface area contributed by atoms with Gasteiger partial charge >= 0.3 is 0 Å². The molecule has 130 valence electrons. The first-order valence-corrected chi connectivity index (χ1v) is 8.71. The molecule has 1 aromatic heterocycles. The molecule has 0 aliphatic carbocycles. The normalized spacial score (nSPS) is 14.5. The van der Waals surface area contributed by atoms with E-state index < -0.39 is 0 Å². The second-order valence-corrected chi connectivity index (χ2v) is 6.33. The van der Waals surface area contributed by atoms with Crippen LogP contribution in [-0.2, 0) is 0 Å². The van der Waals surface area contributed by atoms with Gasteiger partial charge in [-0.15, -0.1) is 0 Å². The lowest BCUT2D eigenvalue weighted by Gasteiger charge is -2.35. The minimum atomic E-state index is -0.00425. The number of hydrogen-bond acceptors (Lipinski definition) is 3. The van der Waals surface area contributed by atoms with Crippen LogP contribution in [-0.4, -0.2) is 52.8 Å². The van der Waals surface area contributed by atoms with Gasteiger partial charge in [0, 0.05) is 48.9 Å². The summed E-state index contributed by atoms with van der Waals surface area (Å²) in [5, 5.41) is 0.864. The molecule has 0 radical (unpaired) electrons. The van der Waals surface area contributed by atoms with Crippen molar-refractivity contribution in [1.82, 2.24) is 14.8 Å². The summed E-state index contributed by atoms with van der Waals surface area (Å²) in [7, 11) is 0. The molecule has 1 saturated heterocycles. The first-order valence-electron chi connectivity index (χ1n) is 8.71. The van der Waals surface area contributed by atoms with E-state index in [1.165, 1.54) is 0 Å². The molecule has 1 fully saturated rings. The molecule has 5 heteroatoms. The van der Waals surface area contributed by atoms with Crippen molar-refractivity contribution in [1.29, 1.82) is 0 Å². The Hall–Kier alpha value is -3.21. The van der Waals surface area contributed by atoms with Crippen molar-refractivity contribution in [2.24, 2.45) is 0 Å². The molecule has 2 amide bonds. The molecule has 0 bridgehead atoms. The second kappa shape index (κ2) is 6.96. The van der Waals surface area contributed by atoms with Crippen LogP contribution in [0.15, 0.2) is 66.9 Å². The number of piperazine rings is 1. The van der Waals surface area contributed by atoms with Gasteiger partial charge in [0.2, 0.25) is 0 Å². The monoisotopic (exact) mass is 345 g/mol. The first kappa shape index (κ1) is 16.3. The summed E-state index contributed by atoms with van der Waals surface area (Å²) in [6, 6.07) is 18.6. The number of aromatic nitrogens is 1. The molecule has 2 heterocycles. The maximum atomic E-state index is 13.0. The average Bonchev–Trinajstić information content (AvgIpc) is 2.73. The van der Waals surface area contributed by atoms with Crippen molar-refractivity contribution < 1.29 is 9.59 Å². The van der Waals surface area contributed by atoms with Gasteiger partial charge in [-0.1, -0.05) is 30.3 Å². The van der Waals surface area contributed by atoms with Crippen LogP contribution in [0, 0.1) is 0 Å². The van der Waals surface area contributed by atoms with Gasteiger partial charge < -0.3 is 9.80 Å². The fourth-order valence-electron chi connectivity index (χ4n) is 3.34. The minimum Gasteiger partial charge on any atom is -0.335 e. The van der Waals surface area contributed by atoms with E-state index in [4.69, 9.17) is 0 Å². The molecule has 0 spiro atoms. The van der Waals surface area contributed by atoms with Gasteiger partial charge in [-0.2, -0.15) is 0 Å². The third kappa shape index (κ3) is 3.04. The number of hydrogen-bond donors (Lipinski definition) is 0. The summed E-state index contributed by atoms with van der Waals surface area (Å²) in [6.45, 7) is 2.16. The third-order valence-corrected chi connectivity index (χ3v) is 4.75. The number of carbonyl (C=O) groups is 2. The van der Waals surface area contributed by atoms with Crippen molar-refractivity contribution in [3.63, 3.8) is 0 Å². The predicted octanol–water partition coefficient (Wildman–Crippen LogP) is 2.83. The molecule has 3 aromatic rings. The quantitative estimate of drug-likeness (QED) is 0.718. The third-order valence-electron chi connectivity index (χ3n) is 4.75. The number of benzene rings is 2. The van der Waals surface area contributed by atoms with E-state index in [0.29, 0.717) is 37.3 Å². The van der Waals surface area contributed by atoms with Gasteiger partial charge in [-0.25, -0.2) is 0 Å². The van der Waals surface area contributed by atoms with Gasteiger partial charge in [0.25, 0.3) is 11.8 Å². The van der Waals surface area contributed by atoms with Gasteiger partial charge in [-0.3, -0.25) is 14.6 Å². The largest absolute Gasteiger partial charge is 0.335 e. The lowest BCUT2D eigenvalue weighted by molar-refractivity contribution is 0.0536. The van der Waals surface area contributed by atoms with Crippen LogP contribution in [0.4, 0.5) is 0 Å². The molecule has 0 N–H and O–H groups in total. The molecule has 2 aromatic carbocycles. The first-order chi connectivity index (χ1) is 12.7. The van der Waals surface area contributed by atoms with Crippen molar-refractivity contribution >= 4 is 22.7 Å². The Morgan fingerprint density at radius 2 is 1.42 bits per heavy atom. The molecular weight excluding hydrogens is 326 g/mol. The lowest BCUT2D eigenvalue weighted by Crippen LogP contribution is -2.50. The van der Waals surface area contributed by atoms with Crippen LogP contribution < -0.4 is 0 Å². The number of rotatable bonds is 2. The summed E-state index contributed by atoms with van der Waals surface area (Å²) < 4.78 is 0. The van der Waals surface area contributed by atoms with Crippen LogP contribution in [0.5, 0.6) is 0 Å². The number of amides is 2. The van der Waals surface area contributed by atoms with Gasteiger partial charge in [0.1, 0.15) is 0 Å². The maximum Gasteiger partial charge on any atom is 0.254 e. The molecule has 5 nitrogen and oxygen atoms in total. The van der Waals surface area contributed by atoms with E-state index in [0.717, 1.165) is 10.9 Å². The van der Waals surface area contributed by atoms with E-state index in [1.54, 1.807) is 6.20 Å². The molecule has 4 rings (SSSR count). The van der Waals surface area contributed by atoms with E-state index in [2.05, 4.69) is 4.98 Å². The highest BCUT2D eigenvalue weighted by Gasteiger charge is 2.26. The smallest absolute Gasteiger partial charge is 0.254 e. The van der Waals surface area contributed by atoms with Crippen LogP contribution in [0.25, 0.3) is 10.9 Å². The Labute approximate surface area is 151 Å². The van der Waals surface area contributed by atoms with Crippen LogP contribution in [0.1, 0.15) is 20.7 Å². The Morgan fingerprint density at radius 3 is 2.15 bits per heavy atom. The highest BCUT2D eigenvalue weighted by molar-refractivity contribution is 6.06. The van der Waals surface area contributed by atoms with Gasteiger partial charge in [0.05, 0.1) is 5.52 Å². The summed E-state index contributed by atoms with van der Waals surface area (Å²) in [5.74, 6) is 0.0162. The maximum absolute atomic E-state index is 13.0.